The molecule has 2 fully saturated rings. The van der Waals surface area contributed by atoms with Crippen molar-refractivity contribution >= 4 is 23.6 Å². The van der Waals surface area contributed by atoms with Crippen LogP contribution in [-0.2, 0) is 0 Å². The van der Waals surface area contributed by atoms with E-state index in [1.165, 1.54) is 13.0 Å². The number of carbonyl (C=O) groups is 1. The molecule has 2 aromatic heterocycles. The minimum atomic E-state index is -0.992. The SMILES string of the molecule is CN=C[C@@H]1CN(c2nc3cc([C@@H]4CCCCN4C(=O)c4ccc(F)c(F)c4C)nn3cc2C)C[C@@H]1O. The first-order valence-corrected chi connectivity index (χ1v) is 12.3. The zero-order valence-corrected chi connectivity index (χ0v) is 20.7. The Hall–Kier alpha value is -3.40. The van der Waals surface area contributed by atoms with Crippen LogP contribution in [-0.4, -0.2) is 69.5 Å². The van der Waals surface area contributed by atoms with E-state index in [-0.39, 0.29) is 29.0 Å². The summed E-state index contributed by atoms with van der Waals surface area (Å²) in [6.45, 7) is 5.00. The molecule has 10 heteroatoms. The van der Waals surface area contributed by atoms with Crippen LogP contribution in [0.3, 0.4) is 0 Å². The predicted molar refractivity (Wildman–Crippen MR) is 133 cm³/mol. The third kappa shape index (κ3) is 4.23. The Balaban J connectivity index is 1.46. The summed E-state index contributed by atoms with van der Waals surface area (Å²) in [5, 5.41) is 15.1. The molecule has 1 N–H and O–H groups in total. The monoisotopic (exact) mass is 496 g/mol. The van der Waals surface area contributed by atoms with E-state index in [1.54, 1.807) is 22.7 Å². The topological polar surface area (TPSA) is 86.3 Å². The molecular weight excluding hydrogens is 466 g/mol. The number of aliphatic hydroxyl groups excluding tert-OH is 1. The number of aliphatic imine (C=N–C) groups is 1. The van der Waals surface area contributed by atoms with Gasteiger partial charge in [0.25, 0.3) is 5.91 Å². The lowest BCUT2D eigenvalue weighted by Gasteiger charge is -2.35. The number of rotatable bonds is 4. The number of anilines is 1. The lowest BCUT2D eigenvalue weighted by atomic mass is 9.97. The average Bonchev–Trinajstić information content (AvgIpc) is 3.44. The molecule has 0 radical (unpaired) electrons. The smallest absolute Gasteiger partial charge is 0.254 e. The van der Waals surface area contributed by atoms with E-state index in [1.807, 2.05) is 19.2 Å². The molecule has 2 saturated heterocycles. The Morgan fingerprint density at radius 3 is 2.81 bits per heavy atom. The number of hydrogen-bond donors (Lipinski definition) is 1. The van der Waals surface area contributed by atoms with Crippen LogP contribution in [0, 0.1) is 31.4 Å². The molecule has 4 heterocycles. The van der Waals surface area contributed by atoms with Gasteiger partial charge < -0.3 is 19.9 Å². The van der Waals surface area contributed by atoms with Crippen molar-refractivity contribution in [3.8, 4) is 0 Å². The Morgan fingerprint density at radius 2 is 2.03 bits per heavy atom. The first kappa shape index (κ1) is 24.3. The van der Waals surface area contributed by atoms with Crippen LogP contribution in [0.5, 0.6) is 0 Å². The number of halogens is 2. The highest BCUT2D eigenvalue weighted by Crippen LogP contribution is 2.33. The Morgan fingerprint density at radius 1 is 1.22 bits per heavy atom. The summed E-state index contributed by atoms with van der Waals surface area (Å²) in [4.78, 5) is 26.1. The molecule has 190 valence electrons. The summed E-state index contributed by atoms with van der Waals surface area (Å²) in [5.41, 5.74) is 2.46. The Kier molecular flexibility index (Phi) is 6.46. The molecule has 0 saturated carbocycles. The summed E-state index contributed by atoms with van der Waals surface area (Å²) in [7, 11) is 1.70. The fraction of sp³-hybridized carbons (Fsp3) is 0.462. The number of nitrogens with zero attached hydrogens (tertiary/aromatic N) is 6. The number of likely N-dealkylation sites (tertiary alicyclic amines) is 1. The summed E-state index contributed by atoms with van der Waals surface area (Å²) < 4.78 is 29.5. The van der Waals surface area contributed by atoms with Crippen LogP contribution < -0.4 is 4.90 Å². The van der Waals surface area contributed by atoms with Crippen molar-refractivity contribution in [1.82, 2.24) is 19.5 Å². The van der Waals surface area contributed by atoms with Gasteiger partial charge in [-0.05, 0) is 45.2 Å². The number of piperidine rings is 1. The standard InChI is InChI=1S/C26H30F2N6O2/c1-15-12-34-23(30-25(15)32-13-17(11-29-3)22(35)14-32)10-20(31-34)21-6-4-5-9-33(21)26(36)18-7-8-19(27)24(28)16(18)2/h7-8,10-12,17,21-22,35H,4-6,9,13-14H2,1-3H3/t17-,21+,22+/m1/s1. The van der Waals surface area contributed by atoms with Crippen LogP contribution >= 0.6 is 0 Å². The molecule has 0 spiro atoms. The summed E-state index contributed by atoms with van der Waals surface area (Å²) in [6, 6.07) is 3.95. The number of fused-ring (bicyclic) bond motifs is 1. The number of aromatic nitrogens is 3. The second kappa shape index (κ2) is 9.57. The highest BCUT2D eigenvalue weighted by molar-refractivity contribution is 5.96. The molecule has 3 aromatic rings. The second-order valence-corrected chi connectivity index (χ2v) is 9.71. The van der Waals surface area contributed by atoms with Crippen molar-refractivity contribution in [3.63, 3.8) is 0 Å². The molecule has 0 unspecified atom stereocenters. The van der Waals surface area contributed by atoms with E-state index in [9.17, 15) is 18.7 Å². The third-order valence-electron chi connectivity index (χ3n) is 7.27. The average molecular weight is 497 g/mol. The van der Waals surface area contributed by atoms with Gasteiger partial charge >= 0.3 is 0 Å². The third-order valence-corrected chi connectivity index (χ3v) is 7.27. The minimum Gasteiger partial charge on any atom is -0.391 e. The number of hydrogen-bond acceptors (Lipinski definition) is 6. The van der Waals surface area contributed by atoms with Gasteiger partial charge in [0.1, 0.15) is 5.82 Å². The normalized spacial score (nSPS) is 22.8. The van der Waals surface area contributed by atoms with Crippen molar-refractivity contribution in [2.45, 2.75) is 45.3 Å². The molecule has 2 aliphatic heterocycles. The van der Waals surface area contributed by atoms with Gasteiger partial charge in [-0.2, -0.15) is 5.10 Å². The molecule has 0 aliphatic carbocycles. The second-order valence-electron chi connectivity index (χ2n) is 9.71. The van der Waals surface area contributed by atoms with Gasteiger partial charge in [0.05, 0.1) is 17.8 Å². The van der Waals surface area contributed by atoms with Gasteiger partial charge in [0.15, 0.2) is 17.3 Å². The first-order chi connectivity index (χ1) is 17.3. The molecular formula is C26H30F2N6O2. The zero-order valence-electron chi connectivity index (χ0n) is 20.7. The fourth-order valence-electron chi connectivity index (χ4n) is 5.35. The van der Waals surface area contributed by atoms with Crippen LogP contribution in [0.25, 0.3) is 5.65 Å². The number of aryl methyl sites for hydroxylation is 1. The van der Waals surface area contributed by atoms with Crippen molar-refractivity contribution in [2.75, 3.05) is 31.6 Å². The highest BCUT2D eigenvalue weighted by Gasteiger charge is 2.34. The van der Waals surface area contributed by atoms with Gasteiger partial charge in [-0.1, -0.05) is 0 Å². The summed E-state index contributed by atoms with van der Waals surface area (Å²) in [5.74, 6) is -1.54. The quantitative estimate of drug-likeness (QED) is 0.559. The zero-order chi connectivity index (χ0) is 25.6. The Labute approximate surface area is 208 Å². The van der Waals surface area contributed by atoms with E-state index in [0.29, 0.717) is 31.0 Å². The number of carbonyl (C=O) groups excluding carboxylic acids is 1. The minimum absolute atomic E-state index is 0.0143. The van der Waals surface area contributed by atoms with Gasteiger partial charge in [-0.25, -0.2) is 18.3 Å². The van der Waals surface area contributed by atoms with Crippen molar-refractivity contribution in [1.29, 1.82) is 0 Å². The lowest BCUT2D eigenvalue weighted by molar-refractivity contribution is 0.0604. The van der Waals surface area contributed by atoms with Gasteiger partial charge in [0.2, 0.25) is 0 Å². The molecule has 8 nitrogen and oxygen atoms in total. The number of β-amino-alcohol motifs (C(OH)–C–C–N with tert-alkyl or cyclic N) is 1. The molecule has 36 heavy (non-hydrogen) atoms. The lowest BCUT2D eigenvalue weighted by Crippen LogP contribution is -2.39. The maximum atomic E-state index is 14.2. The molecule has 1 aromatic carbocycles. The fourth-order valence-corrected chi connectivity index (χ4v) is 5.35. The van der Waals surface area contributed by atoms with E-state index in [0.717, 1.165) is 36.7 Å². The van der Waals surface area contributed by atoms with Gasteiger partial charge in [0, 0.05) is 67.8 Å². The van der Waals surface area contributed by atoms with E-state index in [4.69, 9.17) is 10.1 Å². The molecule has 0 bridgehead atoms. The van der Waals surface area contributed by atoms with E-state index < -0.39 is 17.7 Å². The molecule has 1 amide bonds. The predicted octanol–water partition coefficient (Wildman–Crippen LogP) is 3.49. The maximum Gasteiger partial charge on any atom is 0.254 e. The first-order valence-electron chi connectivity index (χ1n) is 12.3. The van der Waals surface area contributed by atoms with Gasteiger partial charge in [-0.15, -0.1) is 0 Å². The van der Waals surface area contributed by atoms with E-state index in [2.05, 4.69) is 9.89 Å². The van der Waals surface area contributed by atoms with Crippen molar-refractivity contribution in [3.05, 3.63) is 58.4 Å². The highest BCUT2D eigenvalue weighted by atomic mass is 19.2. The number of benzene rings is 1. The largest absolute Gasteiger partial charge is 0.391 e. The molecule has 5 rings (SSSR count). The molecule has 3 atom stereocenters. The van der Waals surface area contributed by atoms with E-state index >= 15 is 0 Å². The van der Waals surface area contributed by atoms with Crippen LogP contribution in [0.1, 0.15) is 52.5 Å². The Bertz CT molecular complexity index is 1340. The summed E-state index contributed by atoms with van der Waals surface area (Å²) >= 11 is 0. The summed E-state index contributed by atoms with van der Waals surface area (Å²) in [6.07, 6.45) is 5.67. The van der Waals surface area contributed by atoms with Crippen LogP contribution in [0.15, 0.2) is 29.4 Å². The van der Waals surface area contributed by atoms with Crippen LogP contribution in [0.4, 0.5) is 14.6 Å². The van der Waals surface area contributed by atoms with Crippen molar-refractivity contribution in [2.24, 2.45) is 10.9 Å². The molecule has 2 aliphatic rings. The van der Waals surface area contributed by atoms with Crippen LogP contribution in [0.2, 0.25) is 0 Å². The number of aliphatic hydroxyl groups is 1. The maximum absolute atomic E-state index is 14.2. The van der Waals surface area contributed by atoms with Crippen molar-refractivity contribution < 1.29 is 18.7 Å². The number of amides is 1. The van der Waals surface area contributed by atoms with Gasteiger partial charge in [-0.3, -0.25) is 4.79 Å².